The molecule has 0 radical (unpaired) electrons. The van der Waals surface area contributed by atoms with Gasteiger partial charge in [0.2, 0.25) is 0 Å². The second kappa shape index (κ2) is 13.2. The molecule has 0 saturated heterocycles. The third-order valence-corrected chi connectivity index (χ3v) is 5.80. The van der Waals surface area contributed by atoms with Crippen molar-refractivity contribution >= 4 is 11.7 Å². The van der Waals surface area contributed by atoms with Crippen LogP contribution in [-0.2, 0) is 16.1 Å². The highest BCUT2D eigenvalue weighted by Gasteiger charge is 2.23. The Morgan fingerprint density at radius 2 is 1.71 bits per heavy atom. The highest BCUT2D eigenvalue weighted by molar-refractivity contribution is 5.98. The number of oxime groups is 1. The molecule has 0 bridgehead atoms. The Morgan fingerprint density at radius 3 is 2.31 bits per heavy atom. The zero-order chi connectivity index (χ0) is 25.0. The number of likely N-dealkylation sites (N-methyl/N-ethyl adjacent to an activating group) is 1. The topological polar surface area (TPSA) is 84.3 Å². The molecule has 1 aromatic heterocycles. The molecule has 0 aliphatic heterocycles. The number of pyridine rings is 1. The Hall–Kier alpha value is -3.71. The normalized spacial score (nSPS) is 12.4. The molecule has 0 aliphatic rings. The quantitative estimate of drug-likeness (QED) is 0.215. The van der Waals surface area contributed by atoms with Crippen molar-refractivity contribution in [2.24, 2.45) is 5.16 Å². The molecule has 0 fully saturated rings. The van der Waals surface area contributed by atoms with Crippen molar-refractivity contribution in [3.05, 3.63) is 84.1 Å². The van der Waals surface area contributed by atoms with E-state index in [4.69, 9.17) is 9.57 Å². The third-order valence-electron chi connectivity index (χ3n) is 5.80. The van der Waals surface area contributed by atoms with E-state index < -0.39 is 12.0 Å². The van der Waals surface area contributed by atoms with E-state index in [2.05, 4.69) is 10.1 Å². The molecule has 0 aliphatic carbocycles. The summed E-state index contributed by atoms with van der Waals surface area (Å²) in [6.07, 6.45) is 2.24. The highest BCUT2D eigenvalue weighted by atomic mass is 16.6. The molecule has 1 heterocycles. The summed E-state index contributed by atoms with van der Waals surface area (Å²) in [5, 5.41) is 13.8. The number of aliphatic carboxylic acids is 1. The minimum Gasteiger partial charge on any atom is -0.490 e. The molecule has 1 atom stereocenters. The zero-order valence-electron chi connectivity index (χ0n) is 20.6. The fourth-order valence-corrected chi connectivity index (χ4v) is 3.79. The number of aromatic nitrogens is 1. The number of hydrogen-bond acceptors (Lipinski definition) is 6. The summed E-state index contributed by atoms with van der Waals surface area (Å²) in [5.41, 5.74) is 4.70. The van der Waals surface area contributed by atoms with Crippen LogP contribution in [-0.4, -0.2) is 59.0 Å². The van der Waals surface area contributed by atoms with E-state index in [1.807, 2.05) is 92.4 Å². The van der Waals surface area contributed by atoms with Gasteiger partial charge in [0.05, 0.1) is 11.4 Å². The van der Waals surface area contributed by atoms with Gasteiger partial charge in [-0.05, 0) is 61.8 Å². The molecule has 0 spiro atoms. The van der Waals surface area contributed by atoms with Gasteiger partial charge in [0, 0.05) is 11.8 Å². The van der Waals surface area contributed by atoms with Gasteiger partial charge in [0.15, 0.2) is 6.61 Å². The Morgan fingerprint density at radius 1 is 1.00 bits per heavy atom. The summed E-state index contributed by atoms with van der Waals surface area (Å²) in [6.45, 7) is 7.92. The number of carbonyl (C=O) groups is 1. The van der Waals surface area contributed by atoms with Crippen LogP contribution in [0.15, 0.2) is 78.1 Å². The molecule has 7 heteroatoms. The van der Waals surface area contributed by atoms with Gasteiger partial charge in [-0.2, -0.15) is 0 Å². The van der Waals surface area contributed by atoms with E-state index in [1.165, 1.54) is 0 Å². The molecule has 3 rings (SSSR count). The smallest absolute Gasteiger partial charge is 0.321 e. The van der Waals surface area contributed by atoms with E-state index >= 15 is 0 Å². The maximum atomic E-state index is 11.7. The molecule has 7 nitrogen and oxygen atoms in total. The van der Waals surface area contributed by atoms with Crippen LogP contribution in [0, 0.1) is 0 Å². The molecular formula is C28H33N3O4. The predicted octanol–water partition coefficient (Wildman–Crippen LogP) is 4.91. The van der Waals surface area contributed by atoms with Crippen LogP contribution in [0.3, 0.4) is 0 Å². The lowest BCUT2D eigenvalue weighted by Gasteiger charge is -2.26. The Balaban J connectivity index is 1.44. The van der Waals surface area contributed by atoms with E-state index in [0.717, 1.165) is 28.1 Å². The molecule has 1 N–H and O–H groups in total. The van der Waals surface area contributed by atoms with Crippen LogP contribution in [0.4, 0.5) is 0 Å². The van der Waals surface area contributed by atoms with Gasteiger partial charge in [0.25, 0.3) is 0 Å². The van der Waals surface area contributed by atoms with E-state index in [9.17, 15) is 9.90 Å². The molecule has 2 aromatic carbocycles. The Bertz CT molecular complexity index is 1080. The van der Waals surface area contributed by atoms with Crippen LogP contribution >= 0.6 is 0 Å². The van der Waals surface area contributed by atoms with Crippen LogP contribution < -0.4 is 4.74 Å². The molecule has 184 valence electrons. The summed E-state index contributed by atoms with van der Waals surface area (Å²) < 4.78 is 5.73. The number of carboxylic acid groups (broad SMARTS) is 1. The van der Waals surface area contributed by atoms with Gasteiger partial charge >= 0.3 is 5.97 Å². The summed E-state index contributed by atoms with van der Waals surface area (Å²) in [6, 6.07) is 20.9. The average molecular weight is 476 g/mol. The molecule has 3 aromatic rings. The second-order valence-electron chi connectivity index (χ2n) is 8.07. The second-order valence-corrected chi connectivity index (χ2v) is 8.07. The van der Waals surface area contributed by atoms with Crippen LogP contribution in [0.25, 0.3) is 11.3 Å². The lowest BCUT2D eigenvalue weighted by Crippen LogP contribution is -2.42. The zero-order valence-corrected chi connectivity index (χ0v) is 20.6. The highest BCUT2D eigenvalue weighted by Crippen LogP contribution is 2.18. The van der Waals surface area contributed by atoms with E-state index in [0.29, 0.717) is 38.5 Å². The summed E-state index contributed by atoms with van der Waals surface area (Å²) >= 11 is 0. The van der Waals surface area contributed by atoms with E-state index in [-0.39, 0.29) is 0 Å². The minimum atomic E-state index is -0.800. The lowest BCUT2D eigenvalue weighted by atomic mass is 10.0. The number of benzene rings is 2. The Labute approximate surface area is 207 Å². The molecule has 0 amide bonds. The average Bonchev–Trinajstić information content (AvgIpc) is 2.89. The Kier molecular flexibility index (Phi) is 9.80. The van der Waals surface area contributed by atoms with Crippen LogP contribution in [0.2, 0.25) is 0 Å². The van der Waals surface area contributed by atoms with E-state index in [1.54, 1.807) is 6.20 Å². The molecule has 1 unspecified atom stereocenters. The first-order valence-corrected chi connectivity index (χ1v) is 11.9. The maximum absolute atomic E-state index is 11.7. The van der Waals surface area contributed by atoms with Crippen molar-refractivity contribution in [3.63, 3.8) is 0 Å². The van der Waals surface area contributed by atoms with Crippen molar-refractivity contribution in [2.75, 3.05) is 26.3 Å². The number of ether oxygens (including phenoxy) is 1. The number of rotatable bonds is 13. The van der Waals surface area contributed by atoms with Crippen molar-refractivity contribution in [2.45, 2.75) is 33.2 Å². The number of nitrogens with zero attached hydrogens (tertiary/aromatic N) is 3. The van der Waals surface area contributed by atoms with Gasteiger partial charge in [0.1, 0.15) is 18.4 Å². The first-order chi connectivity index (χ1) is 17.0. The van der Waals surface area contributed by atoms with Crippen LogP contribution in [0.5, 0.6) is 5.75 Å². The van der Waals surface area contributed by atoms with Gasteiger partial charge in [-0.1, -0.05) is 61.5 Å². The SMILES string of the molecule is CCN(CC)C(Cc1ccc(OCCON=C(C)c2ccc(-c3ccccn3)cc2)cc1)C(=O)O. The predicted molar refractivity (Wildman–Crippen MR) is 138 cm³/mol. The minimum absolute atomic E-state index is 0.314. The fourth-order valence-electron chi connectivity index (χ4n) is 3.79. The first kappa shape index (κ1) is 25.9. The summed E-state index contributed by atoms with van der Waals surface area (Å²) in [4.78, 5) is 23.4. The summed E-state index contributed by atoms with van der Waals surface area (Å²) in [5.74, 6) is -0.0935. The van der Waals surface area contributed by atoms with Crippen LogP contribution in [0.1, 0.15) is 31.9 Å². The molecule has 35 heavy (non-hydrogen) atoms. The third kappa shape index (κ3) is 7.65. The van der Waals surface area contributed by atoms with Gasteiger partial charge in [-0.15, -0.1) is 0 Å². The largest absolute Gasteiger partial charge is 0.490 e. The molecular weight excluding hydrogens is 442 g/mol. The molecule has 0 saturated carbocycles. The summed E-state index contributed by atoms with van der Waals surface area (Å²) in [7, 11) is 0. The standard InChI is InChI=1S/C28H33N3O4/c1-4-31(5-2)27(28(32)33)20-22-9-15-25(16-10-22)34-18-19-35-30-21(3)23-11-13-24(14-12-23)26-8-6-7-17-29-26/h6-17,27H,4-5,18-20H2,1-3H3,(H,32,33). The van der Waals surface area contributed by atoms with Crippen molar-refractivity contribution in [3.8, 4) is 17.0 Å². The van der Waals surface area contributed by atoms with Gasteiger partial charge in [-0.25, -0.2) is 0 Å². The number of carboxylic acids is 1. The number of hydrogen-bond donors (Lipinski definition) is 1. The van der Waals surface area contributed by atoms with Gasteiger partial charge < -0.3 is 14.7 Å². The monoisotopic (exact) mass is 475 g/mol. The maximum Gasteiger partial charge on any atom is 0.321 e. The van der Waals surface area contributed by atoms with Crippen molar-refractivity contribution < 1.29 is 19.5 Å². The fraction of sp³-hybridized carbons (Fsp3) is 0.321. The van der Waals surface area contributed by atoms with Crippen molar-refractivity contribution in [1.82, 2.24) is 9.88 Å². The first-order valence-electron chi connectivity index (χ1n) is 11.9. The lowest BCUT2D eigenvalue weighted by molar-refractivity contribution is -0.143. The van der Waals surface area contributed by atoms with Gasteiger partial charge in [-0.3, -0.25) is 14.7 Å². The van der Waals surface area contributed by atoms with Crippen molar-refractivity contribution in [1.29, 1.82) is 0 Å².